The summed E-state index contributed by atoms with van der Waals surface area (Å²) in [5.41, 5.74) is 2.27. The fraction of sp³-hybridized carbons (Fsp3) is 0. The number of amides is 1. The third kappa shape index (κ3) is 3.38. The highest BCUT2D eigenvalue weighted by Gasteiger charge is 2.06. The van der Waals surface area contributed by atoms with Gasteiger partial charge in [0.25, 0.3) is 5.91 Å². The minimum absolute atomic E-state index is 0.437. The van der Waals surface area contributed by atoms with Crippen LogP contribution < -0.4 is 5.48 Å². The summed E-state index contributed by atoms with van der Waals surface area (Å²) in [5.74, 6) is 0.444. The summed E-state index contributed by atoms with van der Waals surface area (Å²) in [4.78, 5) is 10.8. The molecule has 0 radical (unpaired) electrons. The summed E-state index contributed by atoms with van der Waals surface area (Å²) >= 11 is 11.8. The lowest BCUT2D eigenvalue weighted by molar-refractivity contribution is -0.124. The van der Waals surface area contributed by atoms with E-state index in [4.69, 9.17) is 32.8 Å². The SMILES string of the molecule is O=C(/C=C/c1ccc(-c2ccc(Cl)c(Cl)c2)o1)NO. The molecule has 19 heavy (non-hydrogen) atoms. The van der Waals surface area contributed by atoms with Gasteiger partial charge >= 0.3 is 0 Å². The lowest BCUT2D eigenvalue weighted by atomic mass is 10.2. The first-order valence-corrected chi connectivity index (χ1v) is 6.03. The highest BCUT2D eigenvalue weighted by atomic mass is 35.5. The van der Waals surface area contributed by atoms with Crippen molar-refractivity contribution in [3.63, 3.8) is 0 Å². The molecule has 98 valence electrons. The molecule has 1 amide bonds. The predicted molar refractivity (Wildman–Crippen MR) is 73.1 cm³/mol. The largest absolute Gasteiger partial charge is 0.457 e. The van der Waals surface area contributed by atoms with E-state index >= 15 is 0 Å². The van der Waals surface area contributed by atoms with Crippen molar-refractivity contribution in [1.29, 1.82) is 0 Å². The van der Waals surface area contributed by atoms with Crippen LogP contribution in [-0.4, -0.2) is 11.1 Å². The Bertz CT molecular complexity index is 635. The smallest absolute Gasteiger partial charge is 0.267 e. The maximum Gasteiger partial charge on any atom is 0.267 e. The Kier molecular flexibility index (Phi) is 4.27. The lowest BCUT2D eigenvalue weighted by Gasteiger charge is -1.99. The number of hydroxylamine groups is 1. The number of carbonyl (C=O) groups excluding carboxylic acids is 1. The second-order valence-electron chi connectivity index (χ2n) is 3.64. The van der Waals surface area contributed by atoms with Crippen molar-refractivity contribution in [3.8, 4) is 11.3 Å². The molecular formula is C13H9Cl2NO3. The van der Waals surface area contributed by atoms with E-state index in [9.17, 15) is 4.79 Å². The van der Waals surface area contributed by atoms with Gasteiger partial charge in [-0.05, 0) is 36.4 Å². The van der Waals surface area contributed by atoms with E-state index in [0.29, 0.717) is 21.6 Å². The average Bonchev–Trinajstić information content (AvgIpc) is 2.88. The van der Waals surface area contributed by atoms with Crippen LogP contribution >= 0.6 is 23.2 Å². The second-order valence-corrected chi connectivity index (χ2v) is 4.45. The molecule has 1 heterocycles. The third-order valence-corrected chi connectivity index (χ3v) is 3.08. The van der Waals surface area contributed by atoms with Crippen molar-refractivity contribution < 1.29 is 14.4 Å². The van der Waals surface area contributed by atoms with Gasteiger partial charge in [0.1, 0.15) is 11.5 Å². The molecule has 2 N–H and O–H groups in total. The molecule has 6 heteroatoms. The Morgan fingerprint density at radius 2 is 2.00 bits per heavy atom. The standard InChI is InChI=1S/C13H9Cl2NO3/c14-10-4-1-8(7-11(10)15)12-5-2-9(19-12)3-6-13(17)16-18/h1-7,18H,(H,16,17)/b6-3+. The molecule has 2 aromatic rings. The maximum atomic E-state index is 10.8. The molecule has 0 unspecified atom stereocenters. The van der Waals surface area contributed by atoms with Gasteiger partial charge in [0, 0.05) is 11.6 Å². The van der Waals surface area contributed by atoms with Crippen LogP contribution in [0.25, 0.3) is 17.4 Å². The molecule has 0 saturated carbocycles. The van der Waals surface area contributed by atoms with Gasteiger partial charge in [0.15, 0.2) is 0 Å². The summed E-state index contributed by atoms with van der Waals surface area (Å²) in [6.45, 7) is 0. The van der Waals surface area contributed by atoms with E-state index in [2.05, 4.69) is 0 Å². The normalized spacial score (nSPS) is 10.9. The van der Waals surface area contributed by atoms with Gasteiger partial charge in [-0.3, -0.25) is 10.0 Å². The van der Waals surface area contributed by atoms with Crippen LogP contribution in [-0.2, 0) is 4.79 Å². The maximum absolute atomic E-state index is 10.8. The van der Waals surface area contributed by atoms with Crippen LogP contribution in [0.5, 0.6) is 0 Å². The van der Waals surface area contributed by atoms with Crippen molar-refractivity contribution in [3.05, 3.63) is 52.2 Å². The molecule has 0 fully saturated rings. The molecule has 0 aliphatic heterocycles. The first kappa shape index (κ1) is 13.7. The molecule has 0 saturated heterocycles. The van der Waals surface area contributed by atoms with Crippen LogP contribution in [0.1, 0.15) is 5.76 Å². The van der Waals surface area contributed by atoms with Crippen molar-refractivity contribution in [2.45, 2.75) is 0 Å². The number of hydrogen-bond donors (Lipinski definition) is 2. The fourth-order valence-electron chi connectivity index (χ4n) is 1.44. The summed E-state index contributed by atoms with van der Waals surface area (Å²) in [5, 5.41) is 9.25. The molecule has 0 aliphatic rings. The number of hydrogen-bond acceptors (Lipinski definition) is 3. The monoisotopic (exact) mass is 297 g/mol. The fourth-order valence-corrected chi connectivity index (χ4v) is 1.74. The van der Waals surface area contributed by atoms with E-state index in [-0.39, 0.29) is 0 Å². The van der Waals surface area contributed by atoms with E-state index < -0.39 is 5.91 Å². The number of halogens is 2. The van der Waals surface area contributed by atoms with E-state index in [1.165, 1.54) is 11.6 Å². The van der Waals surface area contributed by atoms with Crippen LogP contribution in [0.4, 0.5) is 0 Å². The number of benzene rings is 1. The minimum Gasteiger partial charge on any atom is -0.457 e. The lowest BCUT2D eigenvalue weighted by Crippen LogP contribution is -2.14. The zero-order chi connectivity index (χ0) is 13.8. The summed E-state index contributed by atoms with van der Waals surface area (Å²) in [6.07, 6.45) is 2.59. The molecule has 0 bridgehead atoms. The molecule has 0 atom stereocenters. The van der Waals surface area contributed by atoms with Crippen molar-refractivity contribution in [2.75, 3.05) is 0 Å². The van der Waals surface area contributed by atoms with Gasteiger partial charge in [-0.25, -0.2) is 5.48 Å². The molecular weight excluding hydrogens is 289 g/mol. The molecule has 4 nitrogen and oxygen atoms in total. The number of rotatable bonds is 3. The van der Waals surface area contributed by atoms with Crippen molar-refractivity contribution in [2.24, 2.45) is 0 Å². The van der Waals surface area contributed by atoms with Gasteiger partial charge in [-0.2, -0.15) is 0 Å². The summed E-state index contributed by atoms with van der Waals surface area (Å²) in [7, 11) is 0. The Morgan fingerprint density at radius 1 is 1.21 bits per heavy atom. The zero-order valence-electron chi connectivity index (χ0n) is 9.56. The molecule has 1 aromatic carbocycles. The zero-order valence-corrected chi connectivity index (χ0v) is 11.1. The third-order valence-electron chi connectivity index (χ3n) is 2.34. The van der Waals surface area contributed by atoms with E-state index in [1.54, 1.807) is 30.3 Å². The van der Waals surface area contributed by atoms with Gasteiger partial charge in [0.2, 0.25) is 0 Å². The first-order chi connectivity index (χ1) is 9.10. The van der Waals surface area contributed by atoms with Crippen LogP contribution in [0.15, 0.2) is 40.8 Å². The van der Waals surface area contributed by atoms with Crippen molar-refractivity contribution >= 4 is 35.2 Å². The van der Waals surface area contributed by atoms with Gasteiger partial charge in [0.05, 0.1) is 10.0 Å². The Balaban J connectivity index is 2.23. The number of nitrogens with one attached hydrogen (secondary N) is 1. The quantitative estimate of drug-likeness (QED) is 0.515. The Morgan fingerprint density at radius 3 is 2.68 bits per heavy atom. The van der Waals surface area contributed by atoms with Crippen LogP contribution in [0, 0.1) is 0 Å². The van der Waals surface area contributed by atoms with E-state index in [0.717, 1.165) is 11.6 Å². The molecule has 0 spiro atoms. The highest BCUT2D eigenvalue weighted by molar-refractivity contribution is 6.42. The second kappa shape index (κ2) is 5.93. The summed E-state index contributed by atoms with van der Waals surface area (Å²) in [6, 6.07) is 8.59. The van der Waals surface area contributed by atoms with E-state index in [1.807, 2.05) is 0 Å². The van der Waals surface area contributed by atoms with Gasteiger partial charge < -0.3 is 4.42 Å². The van der Waals surface area contributed by atoms with Gasteiger partial charge in [-0.15, -0.1) is 0 Å². The first-order valence-electron chi connectivity index (χ1n) is 5.27. The molecule has 2 rings (SSSR count). The van der Waals surface area contributed by atoms with Crippen LogP contribution in [0.2, 0.25) is 10.0 Å². The minimum atomic E-state index is -0.632. The topological polar surface area (TPSA) is 62.5 Å². The molecule has 1 aromatic heterocycles. The number of furan rings is 1. The van der Waals surface area contributed by atoms with Crippen molar-refractivity contribution in [1.82, 2.24) is 5.48 Å². The molecule has 0 aliphatic carbocycles. The average molecular weight is 298 g/mol. The Hall–Kier alpha value is -1.75. The summed E-state index contributed by atoms with van der Waals surface area (Å²) < 4.78 is 5.51. The van der Waals surface area contributed by atoms with Gasteiger partial charge in [-0.1, -0.05) is 23.2 Å². The van der Waals surface area contributed by atoms with Crippen LogP contribution in [0.3, 0.4) is 0 Å². The number of carbonyl (C=O) groups is 1. The Labute approximate surface area is 119 Å². The highest BCUT2D eigenvalue weighted by Crippen LogP contribution is 2.29. The predicted octanol–water partition coefficient (Wildman–Crippen LogP) is 3.77.